The molecular weight excluding hydrogens is 496 g/mol. The SMILES string of the molecule is CCCCS(=O)(=O)CC(COCc1ccc(Cl)cc1)OC(=O)CSc1nc(C)cc(C)c1C#N. The second-order valence-corrected chi connectivity index (χ2v) is 11.5. The van der Waals surface area contributed by atoms with Crippen LogP contribution in [0.25, 0.3) is 0 Å². The smallest absolute Gasteiger partial charge is 0.316 e. The Morgan fingerprint density at radius 2 is 1.97 bits per heavy atom. The van der Waals surface area contributed by atoms with Gasteiger partial charge in [-0.2, -0.15) is 5.26 Å². The van der Waals surface area contributed by atoms with Crippen LogP contribution in [0.2, 0.25) is 5.02 Å². The van der Waals surface area contributed by atoms with Crippen molar-refractivity contribution in [3.63, 3.8) is 0 Å². The van der Waals surface area contributed by atoms with Gasteiger partial charge < -0.3 is 9.47 Å². The van der Waals surface area contributed by atoms with Crippen LogP contribution in [0.1, 0.15) is 42.1 Å². The maximum absolute atomic E-state index is 12.5. The van der Waals surface area contributed by atoms with Crippen molar-refractivity contribution in [3.05, 3.63) is 57.7 Å². The van der Waals surface area contributed by atoms with Crippen LogP contribution in [0.4, 0.5) is 0 Å². The number of hydrogen-bond donors (Lipinski definition) is 0. The summed E-state index contributed by atoms with van der Waals surface area (Å²) in [4.78, 5) is 16.9. The highest BCUT2D eigenvalue weighted by atomic mass is 35.5. The maximum atomic E-state index is 12.5. The van der Waals surface area contributed by atoms with E-state index in [2.05, 4.69) is 11.1 Å². The molecule has 0 amide bonds. The summed E-state index contributed by atoms with van der Waals surface area (Å²) in [6.07, 6.45) is 0.349. The predicted octanol–water partition coefficient (Wildman–Crippen LogP) is 4.66. The van der Waals surface area contributed by atoms with E-state index in [1.54, 1.807) is 18.2 Å². The lowest BCUT2D eigenvalue weighted by Crippen LogP contribution is -2.32. The van der Waals surface area contributed by atoms with Crippen molar-refractivity contribution in [3.8, 4) is 6.07 Å². The fraction of sp³-hybridized carbons (Fsp3) is 0.458. The molecule has 0 aliphatic rings. The highest BCUT2D eigenvalue weighted by molar-refractivity contribution is 7.99. The standard InChI is InChI=1S/C24H29ClN2O5S2/c1-4-5-10-34(29,30)16-21(14-31-13-19-6-8-20(25)9-7-19)32-23(28)15-33-24-22(12-26)17(2)11-18(3)27-24/h6-9,11,21H,4-5,10,13-16H2,1-3H3. The van der Waals surface area contributed by atoms with Gasteiger partial charge in [0.15, 0.2) is 9.84 Å². The van der Waals surface area contributed by atoms with Crippen LogP contribution in [0.5, 0.6) is 0 Å². The first-order valence-electron chi connectivity index (χ1n) is 10.9. The van der Waals surface area contributed by atoms with E-state index in [4.69, 9.17) is 21.1 Å². The van der Waals surface area contributed by atoms with E-state index >= 15 is 0 Å². The van der Waals surface area contributed by atoms with Crippen molar-refractivity contribution >= 4 is 39.2 Å². The molecule has 1 atom stereocenters. The average Bonchev–Trinajstić information content (AvgIpc) is 2.77. The number of aromatic nitrogens is 1. The van der Waals surface area contributed by atoms with Gasteiger partial charge in [-0.15, -0.1) is 0 Å². The third-order valence-electron chi connectivity index (χ3n) is 4.78. The number of unbranched alkanes of at least 4 members (excludes halogenated alkanes) is 1. The molecule has 34 heavy (non-hydrogen) atoms. The molecule has 0 radical (unpaired) electrons. The van der Waals surface area contributed by atoms with Crippen molar-refractivity contribution in [2.24, 2.45) is 0 Å². The van der Waals surface area contributed by atoms with Crippen molar-refractivity contribution in [1.29, 1.82) is 5.26 Å². The minimum Gasteiger partial charge on any atom is -0.458 e. The molecule has 0 saturated carbocycles. The van der Waals surface area contributed by atoms with Crippen molar-refractivity contribution in [2.45, 2.75) is 51.3 Å². The monoisotopic (exact) mass is 524 g/mol. The summed E-state index contributed by atoms with van der Waals surface area (Å²) in [5.41, 5.74) is 2.79. The van der Waals surface area contributed by atoms with Crippen LogP contribution < -0.4 is 0 Å². The highest BCUT2D eigenvalue weighted by Gasteiger charge is 2.23. The Hall–Kier alpha value is -2.12. The summed E-state index contributed by atoms with van der Waals surface area (Å²) in [7, 11) is -3.42. The Morgan fingerprint density at radius 1 is 1.26 bits per heavy atom. The molecule has 0 spiro atoms. The van der Waals surface area contributed by atoms with Gasteiger partial charge in [0.1, 0.15) is 17.2 Å². The Morgan fingerprint density at radius 3 is 2.62 bits per heavy atom. The van der Waals surface area contributed by atoms with E-state index in [1.807, 2.05) is 32.9 Å². The minimum atomic E-state index is -3.42. The summed E-state index contributed by atoms with van der Waals surface area (Å²) in [5.74, 6) is -0.982. The molecule has 1 heterocycles. The minimum absolute atomic E-state index is 0.0293. The van der Waals surface area contributed by atoms with E-state index in [-0.39, 0.29) is 30.5 Å². The molecule has 0 fully saturated rings. The second kappa shape index (κ2) is 13.7. The molecule has 184 valence electrons. The molecule has 2 rings (SSSR count). The first kappa shape index (κ1) is 28.1. The predicted molar refractivity (Wildman–Crippen MR) is 134 cm³/mol. The van der Waals surface area contributed by atoms with E-state index in [9.17, 15) is 18.5 Å². The lowest BCUT2D eigenvalue weighted by molar-refractivity contribution is -0.147. The number of nitrogens with zero attached hydrogens (tertiary/aromatic N) is 2. The summed E-state index contributed by atoms with van der Waals surface area (Å²) in [6, 6.07) is 11.0. The van der Waals surface area contributed by atoms with Gasteiger partial charge in [0.05, 0.1) is 36.0 Å². The molecule has 1 unspecified atom stereocenters. The van der Waals surface area contributed by atoms with Gasteiger partial charge in [0.2, 0.25) is 0 Å². The molecule has 7 nitrogen and oxygen atoms in total. The number of aryl methyl sites for hydroxylation is 2. The fourth-order valence-electron chi connectivity index (χ4n) is 3.13. The third-order valence-corrected chi connectivity index (χ3v) is 7.77. The Bertz CT molecular complexity index is 1120. The zero-order chi connectivity index (χ0) is 25.1. The van der Waals surface area contributed by atoms with Gasteiger partial charge in [-0.05, 0) is 49.6 Å². The number of carbonyl (C=O) groups is 1. The fourth-order valence-corrected chi connectivity index (χ4v) is 5.76. The van der Waals surface area contributed by atoms with Crippen LogP contribution in [-0.2, 0) is 30.7 Å². The van der Waals surface area contributed by atoms with Crippen LogP contribution in [-0.4, -0.2) is 49.3 Å². The Labute approximate surface area is 210 Å². The molecule has 0 bridgehead atoms. The first-order valence-corrected chi connectivity index (χ1v) is 14.0. The molecule has 0 aliphatic carbocycles. The summed E-state index contributed by atoms with van der Waals surface area (Å²) >= 11 is 6.98. The van der Waals surface area contributed by atoms with E-state index in [0.717, 1.165) is 35.0 Å². The number of benzene rings is 1. The van der Waals surface area contributed by atoms with Gasteiger partial charge >= 0.3 is 5.97 Å². The molecule has 10 heteroatoms. The Kier molecular flexibility index (Phi) is 11.3. The maximum Gasteiger partial charge on any atom is 0.316 e. The number of carbonyl (C=O) groups excluding carboxylic acids is 1. The van der Waals surface area contributed by atoms with E-state index in [1.165, 1.54) is 0 Å². The van der Waals surface area contributed by atoms with Gasteiger partial charge in [-0.1, -0.05) is 48.8 Å². The first-order chi connectivity index (χ1) is 16.1. The zero-order valence-corrected chi connectivity index (χ0v) is 21.9. The third kappa shape index (κ3) is 9.63. The number of esters is 1. The topological polar surface area (TPSA) is 106 Å². The van der Waals surface area contributed by atoms with Crippen molar-refractivity contribution < 1.29 is 22.7 Å². The van der Waals surface area contributed by atoms with Gasteiger partial charge in [0, 0.05) is 10.7 Å². The number of halogens is 1. The number of thioether (sulfide) groups is 1. The number of hydrogen-bond acceptors (Lipinski definition) is 8. The molecule has 0 saturated heterocycles. The number of pyridine rings is 1. The average molecular weight is 525 g/mol. The molecular formula is C24H29ClN2O5S2. The lowest BCUT2D eigenvalue weighted by Gasteiger charge is -2.18. The summed E-state index contributed by atoms with van der Waals surface area (Å²) in [5, 5.41) is 10.4. The molecule has 2 aromatic rings. The quantitative estimate of drug-likeness (QED) is 0.275. The van der Waals surface area contributed by atoms with Crippen molar-refractivity contribution in [2.75, 3.05) is 23.9 Å². The molecule has 1 aromatic carbocycles. The van der Waals surface area contributed by atoms with E-state index in [0.29, 0.717) is 22.0 Å². The molecule has 0 aliphatic heterocycles. The van der Waals surface area contributed by atoms with Crippen LogP contribution in [0, 0.1) is 25.2 Å². The highest BCUT2D eigenvalue weighted by Crippen LogP contribution is 2.24. The van der Waals surface area contributed by atoms with Crippen molar-refractivity contribution in [1.82, 2.24) is 4.98 Å². The summed E-state index contributed by atoms with van der Waals surface area (Å²) < 4.78 is 36.1. The lowest BCUT2D eigenvalue weighted by atomic mass is 10.1. The van der Waals surface area contributed by atoms with Crippen LogP contribution >= 0.6 is 23.4 Å². The summed E-state index contributed by atoms with van der Waals surface area (Å²) in [6.45, 7) is 5.70. The zero-order valence-electron chi connectivity index (χ0n) is 19.5. The number of sulfone groups is 1. The number of rotatable bonds is 13. The van der Waals surface area contributed by atoms with Gasteiger partial charge in [0.25, 0.3) is 0 Å². The van der Waals surface area contributed by atoms with E-state index < -0.39 is 21.9 Å². The molecule has 1 aromatic heterocycles. The normalized spacial score (nSPS) is 12.2. The number of ether oxygens (including phenoxy) is 2. The Balaban J connectivity index is 2.02. The van der Waals surface area contributed by atoms with Gasteiger partial charge in [-0.25, -0.2) is 13.4 Å². The second-order valence-electron chi connectivity index (χ2n) is 7.88. The van der Waals surface area contributed by atoms with Gasteiger partial charge in [-0.3, -0.25) is 4.79 Å². The van der Waals surface area contributed by atoms with Crippen LogP contribution in [0.3, 0.4) is 0 Å². The van der Waals surface area contributed by atoms with Crippen LogP contribution in [0.15, 0.2) is 35.4 Å². The largest absolute Gasteiger partial charge is 0.458 e. The number of nitriles is 1. The molecule has 0 N–H and O–H groups in total.